The molecule has 2 fully saturated rings. The van der Waals surface area contributed by atoms with E-state index in [1.807, 2.05) is 11.0 Å². The van der Waals surface area contributed by atoms with E-state index in [2.05, 4.69) is 16.9 Å². The zero-order valence-electron chi connectivity index (χ0n) is 12.0. The molecule has 0 spiro atoms. The van der Waals surface area contributed by atoms with Gasteiger partial charge in [0.25, 0.3) is 0 Å². The van der Waals surface area contributed by atoms with Crippen LogP contribution >= 0.6 is 0 Å². The van der Waals surface area contributed by atoms with Gasteiger partial charge in [-0.3, -0.25) is 14.7 Å². The zero-order chi connectivity index (χ0) is 14.1. The van der Waals surface area contributed by atoms with Crippen LogP contribution in [0.2, 0.25) is 0 Å². The highest BCUT2D eigenvalue weighted by molar-refractivity contribution is 5.78. The lowest BCUT2D eigenvalue weighted by atomic mass is 10.1. The predicted octanol–water partition coefficient (Wildman–Crippen LogP) is 0.901. The van der Waals surface area contributed by atoms with Crippen LogP contribution in [0.25, 0.3) is 0 Å². The molecule has 1 amide bonds. The molecule has 2 unspecified atom stereocenters. The van der Waals surface area contributed by atoms with E-state index < -0.39 is 0 Å². The lowest BCUT2D eigenvalue weighted by molar-refractivity contribution is -0.130. The van der Waals surface area contributed by atoms with Gasteiger partial charge in [-0.2, -0.15) is 0 Å². The van der Waals surface area contributed by atoms with Crippen molar-refractivity contribution >= 4 is 11.6 Å². The second-order valence-corrected chi connectivity index (χ2v) is 5.94. The number of rotatable bonds is 2. The first-order chi connectivity index (χ1) is 9.63. The molecule has 0 radical (unpaired) electrons. The van der Waals surface area contributed by atoms with Gasteiger partial charge in [-0.1, -0.05) is 0 Å². The van der Waals surface area contributed by atoms with Gasteiger partial charge in [0, 0.05) is 30.9 Å². The van der Waals surface area contributed by atoms with Gasteiger partial charge < -0.3 is 10.6 Å². The molecule has 2 aliphatic rings. The number of carbonyl (C=O) groups excluding carboxylic acids is 1. The molecule has 5 nitrogen and oxygen atoms in total. The molecule has 0 aromatic carbocycles. The highest BCUT2D eigenvalue weighted by atomic mass is 16.2. The summed E-state index contributed by atoms with van der Waals surface area (Å²) in [5, 5.41) is 0. The first kappa shape index (κ1) is 13.4. The number of hydrogen-bond acceptors (Lipinski definition) is 4. The Hall–Kier alpha value is -1.62. The highest BCUT2D eigenvalue weighted by Gasteiger charge is 2.35. The zero-order valence-corrected chi connectivity index (χ0v) is 12.0. The van der Waals surface area contributed by atoms with Crippen molar-refractivity contribution in [2.45, 2.75) is 37.8 Å². The summed E-state index contributed by atoms with van der Waals surface area (Å²) in [7, 11) is 2.19. The van der Waals surface area contributed by atoms with Gasteiger partial charge in [0.05, 0.1) is 18.3 Å². The Balaban J connectivity index is 1.64. The van der Waals surface area contributed by atoms with Crippen LogP contribution < -0.4 is 5.73 Å². The smallest absolute Gasteiger partial charge is 0.228 e. The molecule has 0 saturated carbocycles. The molecule has 5 heteroatoms. The SMILES string of the molecule is CN1C2CCC1CN(C(=O)Cc1ccc(N)cn1)CC2. The van der Waals surface area contributed by atoms with Crippen molar-refractivity contribution in [1.29, 1.82) is 0 Å². The van der Waals surface area contributed by atoms with Crippen molar-refractivity contribution in [2.75, 3.05) is 25.9 Å². The third kappa shape index (κ3) is 2.63. The molecule has 2 atom stereocenters. The summed E-state index contributed by atoms with van der Waals surface area (Å²) in [6, 6.07) is 4.83. The van der Waals surface area contributed by atoms with Crippen LogP contribution in [0.1, 0.15) is 25.0 Å². The largest absolute Gasteiger partial charge is 0.397 e. The topological polar surface area (TPSA) is 62.5 Å². The molecule has 2 bridgehead atoms. The maximum absolute atomic E-state index is 12.4. The fourth-order valence-corrected chi connectivity index (χ4v) is 3.34. The first-order valence-electron chi connectivity index (χ1n) is 7.33. The van der Waals surface area contributed by atoms with Gasteiger partial charge in [0.2, 0.25) is 5.91 Å². The molecule has 2 aliphatic heterocycles. The summed E-state index contributed by atoms with van der Waals surface area (Å²) in [4.78, 5) is 21.1. The first-order valence-corrected chi connectivity index (χ1v) is 7.33. The Morgan fingerprint density at radius 2 is 2.15 bits per heavy atom. The number of amides is 1. The number of anilines is 1. The highest BCUT2D eigenvalue weighted by Crippen LogP contribution is 2.28. The second-order valence-electron chi connectivity index (χ2n) is 5.94. The van der Waals surface area contributed by atoms with Crippen LogP contribution in [0.3, 0.4) is 0 Å². The van der Waals surface area contributed by atoms with Gasteiger partial charge in [0.15, 0.2) is 0 Å². The number of likely N-dealkylation sites (tertiary alicyclic amines) is 1. The summed E-state index contributed by atoms with van der Waals surface area (Å²) in [6.45, 7) is 1.74. The average molecular weight is 274 g/mol. The summed E-state index contributed by atoms with van der Waals surface area (Å²) >= 11 is 0. The molecular weight excluding hydrogens is 252 g/mol. The third-order valence-electron chi connectivity index (χ3n) is 4.68. The Labute approximate surface area is 119 Å². The molecule has 0 aliphatic carbocycles. The molecule has 108 valence electrons. The number of nitrogens with two attached hydrogens (primary N) is 1. The van der Waals surface area contributed by atoms with E-state index in [1.54, 1.807) is 12.3 Å². The molecule has 20 heavy (non-hydrogen) atoms. The van der Waals surface area contributed by atoms with Gasteiger partial charge in [0.1, 0.15) is 0 Å². The Morgan fingerprint density at radius 1 is 1.35 bits per heavy atom. The molecule has 3 heterocycles. The lowest BCUT2D eigenvalue weighted by Gasteiger charge is -2.25. The van der Waals surface area contributed by atoms with Crippen LogP contribution in [0.5, 0.6) is 0 Å². The molecule has 2 N–H and O–H groups in total. The van der Waals surface area contributed by atoms with Crippen LogP contribution in [0, 0.1) is 0 Å². The number of carbonyl (C=O) groups is 1. The van der Waals surface area contributed by atoms with Gasteiger partial charge in [-0.25, -0.2) is 0 Å². The van der Waals surface area contributed by atoms with Gasteiger partial charge in [-0.15, -0.1) is 0 Å². The monoisotopic (exact) mass is 274 g/mol. The van der Waals surface area contributed by atoms with Crippen molar-refractivity contribution in [3.05, 3.63) is 24.0 Å². The fraction of sp³-hybridized carbons (Fsp3) is 0.600. The van der Waals surface area contributed by atoms with E-state index >= 15 is 0 Å². The Bertz CT molecular complexity index is 487. The fourth-order valence-electron chi connectivity index (χ4n) is 3.34. The standard InChI is InChI=1S/C15H22N4O/c1-18-13-4-5-14(18)10-19(7-6-13)15(20)8-12-3-2-11(16)9-17-12/h2-3,9,13-14H,4-8,10,16H2,1H3. The average Bonchev–Trinajstić information content (AvgIpc) is 2.66. The van der Waals surface area contributed by atoms with Crippen molar-refractivity contribution in [3.8, 4) is 0 Å². The molecule has 3 rings (SSSR count). The van der Waals surface area contributed by atoms with Gasteiger partial charge >= 0.3 is 0 Å². The van der Waals surface area contributed by atoms with Crippen molar-refractivity contribution in [3.63, 3.8) is 0 Å². The van der Waals surface area contributed by atoms with E-state index in [1.165, 1.54) is 12.8 Å². The number of hydrogen-bond donors (Lipinski definition) is 1. The summed E-state index contributed by atoms with van der Waals surface area (Å²) in [5.74, 6) is 0.184. The van der Waals surface area contributed by atoms with E-state index in [4.69, 9.17) is 5.73 Å². The number of fused-ring (bicyclic) bond motifs is 2. The Kier molecular flexibility index (Phi) is 3.61. The van der Waals surface area contributed by atoms with E-state index in [-0.39, 0.29) is 5.91 Å². The number of nitrogen functional groups attached to an aromatic ring is 1. The van der Waals surface area contributed by atoms with Crippen LogP contribution in [-0.2, 0) is 11.2 Å². The predicted molar refractivity (Wildman–Crippen MR) is 78.1 cm³/mol. The molecular formula is C15H22N4O. The van der Waals surface area contributed by atoms with E-state index in [0.29, 0.717) is 24.2 Å². The lowest BCUT2D eigenvalue weighted by Crippen LogP contribution is -2.40. The number of nitrogens with zero attached hydrogens (tertiary/aromatic N) is 3. The molecule has 2 saturated heterocycles. The van der Waals surface area contributed by atoms with Crippen molar-refractivity contribution in [2.24, 2.45) is 0 Å². The minimum atomic E-state index is 0.184. The third-order valence-corrected chi connectivity index (χ3v) is 4.68. The van der Waals surface area contributed by atoms with Crippen molar-refractivity contribution in [1.82, 2.24) is 14.8 Å². The van der Waals surface area contributed by atoms with Crippen LogP contribution in [-0.4, -0.2) is 52.9 Å². The van der Waals surface area contributed by atoms with E-state index in [9.17, 15) is 4.79 Å². The maximum atomic E-state index is 12.4. The minimum absolute atomic E-state index is 0.184. The summed E-state index contributed by atoms with van der Waals surface area (Å²) < 4.78 is 0. The second kappa shape index (κ2) is 5.40. The number of aromatic nitrogens is 1. The molecule has 1 aromatic heterocycles. The normalized spacial score (nSPS) is 26.6. The molecule has 1 aromatic rings. The van der Waals surface area contributed by atoms with Crippen molar-refractivity contribution < 1.29 is 4.79 Å². The maximum Gasteiger partial charge on any atom is 0.228 e. The van der Waals surface area contributed by atoms with Crippen LogP contribution in [0.15, 0.2) is 18.3 Å². The quantitative estimate of drug-likeness (QED) is 0.870. The Morgan fingerprint density at radius 3 is 2.90 bits per heavy atom. The van der Waals surface area contributed by atoms with E-state index in [0.717, 1.165) is 25.2 Å². The van der Waals surface area contributed by atoms with Gasteiger partial charge in [-0.05, 0) is 38.4 Å². The number of pyridine rings is 1. The summed E-state index contributed by atoms with van der Waals surface area (Å²) in [6.07, 6.45) is 5.57. The van der Waals surface area contributed by atoms with Crippen LogP contribution in [0.4, 0.5) is 5.69 Å². The number of likely N-dealkylation sites (N-methyl/N-ethyl adjacent to an activating group) is 1. The summed E-state index contributed by atoms with van der Waals surface area (Å²) in [5.41, 5.74) is 7.05. The minimum Gasteiger partial charge on any atom is -0.397 e.